The molecule has 1 heterocycles. The highest BCUT2D eigenvalue weighted by Gasteiger charge is 2.53. The maximum atomic E-state index is 13.4. The SMILES string of the molecule is CN1CCN(C(=O)C(COCc2ccc(Cl)cc2)NC(=O)C2(c3ccc(Cl)cc3Cl)CC2)CC1. The second-order valence-electron chi connectivity index (χ2n) is 9.00. The Morgan fingerprint density at radius 2 is 1.65 bits per heavy atom. The van der Waals surface area contributed by atoms with Crippen LogP contribution in [-0.2, 0) is 26.3 Å². The molecule has 0 spiro atoms. The molecule has 9 heteroatoms. The van der Waals surface area contributed by atoms with Crippen LogP contribution < -0.4 is 5.32 Å². The van der Waals surface area contributed by atoms with E-state index in [0.29, 0.717) is 47.6 Å². The van der Waals surface area contributed by atoms with Gasteiger partial charge < -0.3 is 19.9 Å². The lowest BCUT2D eigenvalue weighted by molar-refractivity contribution is -0.140. The number of nitrogens with one attached hydrogen (secondary N) is 1. The standard InChI is InChI=1S/C25H28Cl3N3O3/c1-30-10-12-31(13-11-30)23(32)22(16-34-15-17-2-4-18(26)5-3-17)29-24(33)25(8-9-25)20-7-6-19(27)14-21(20)28/h2-7,14,22H,8-13,15-16H2,1H3,(H,29,33). The Balaban J connectivity index is 1.47. The molecule has 6 nitrogen and oxygen atoms in total. The molecule has 2 amide bonds. The Bertz CT molecular complexity index is 1040. The van der Waals surface area contributed by atoms with Gasteiger partial charge in [-0.05, 0) is 55.3 Å². The van der Waals surface area contributed by atoms with Crippen molar-refractivity contribution in [2.24, 2.45) is 0 Å². The summed E-state index contributed by atoms with van der Waals surface area (Å²) in [4.78, 5) is 30.8. The maximum Gasteiger partial charge on any atom is 0.247 e. The summed E-state index contributed by atoms with van der Waals surface area (Å²) >= 11 is 18.4. The third-order valence-corrected chi connectivity index (χ3v) is 7.32. The monoisotopic (exact) mass is 523 g/mol. The molecular formula is C25H28Cl3N3O3. The van der Waals surface area contributed by atoms with E-state index in [1.54, 1.807) is 35.2 Å². The van der Waals surface area contributed by atoms with Crippen LogP contribution >= 0.6 is 34.8 Å². The van der Waals surface area contributed by atoms with Crippen molar-refractivity contribution in [2.45, 2.75) is 30.9 Å². The van der Waals surface area contributed by atoms with E-state index in [4.69, 9.17) is 39.5 Å². The molecule has 34 heavy (non-hydrogen) atoms. The van der Waals surface area contributed by atoms with Gasteiger partial charge >= 0.3 is 0 Å². The molecule has 1 atom stereocenters. The molecule has 1 saturated heterocycles. The quantitative estimate of drug-likeness (QED) is 0.563. The molecule has 0 radical (unpaired) electrons. The zero-order chi connectivity index (χ0) is 24.3. The van der Waals surface area contributed by atoms with Gasteiger partial charge in [-0.15, -0.1) is 0 Å². The molecule has 1 saturated carbocycles. The fourth-order valence-electron chi connectivity index (χ4n) is 4.21. The van der Waals surface area contributed by atoms with Gasteiger partial charge in [-0.3, -0.25) is 9.59 Å². The number of nitrogens with zero attached hydrogens (tertiary/aromatic N) is 2. The smallest absolute Gasteiger partial charge is 0.247 e. The van der Waals surface area contributed by atoms with Crippen LogP contribution in [0.3, 0.4) is 0 Å². The van der Waals surface area contributed by atoms with Crippen LogP contribution in [0.25, 0.3) is 0 Å². The van der Waals surface area contributed by atoms with Crippen molar-refractivity contribution in [3.05, 3.63) is 68.7 Å². The molecular weight excluding hydrogens is 497 g/mol. The third kappa shape index (κ3) is 5.86. The molecule has 1 N–H and O–H groups in total. The molecule has 0 aromatic heterocycles. The predicted octanol–water partition coefficient (Wildman–Crippen LogP) is 4.15. The number of hydrogen-bond acceptors (Lipinski definition) is 4. The van der Waals surface area contributed by atoms with Crippen LogP contribution in [0.2, 0.25) is 15.1 Å². The number of benzene rings is 2. The van der Waals surface area contributed by atoms with Crippen molar-refractivity contribution < 1.29 is 14.3 Å². The number of halogens is 3. The number of rotatable bonds is 8. The highest BCUT2D eigenvalue weighted by atomic mass is 35.5. The van der Waals surface area contributed by atoms with Crippen LogP contribution in [0.5, 0.6) is 0 Å². The van der Waals surface area contributed by atoms with Crippen molar-refractivity contribution in [3.63, 3.8) is 0 Å². The third-order valence-electron chi connectivity index (χ3n) is 6.52. The maximum absolute atomic E-state index is 13.4. The van der Waals surface area contributed by atoms with Gasteiger partial charge in [-0.2, -0.15) is 0 Å². The summed E-state index contributed by atoms with van der Waals surface area (Å²) in [6.45, 7) is 3.21. The van der Waals surface area contributed by atoms with Crippen LogP contribution in [-0.4, -0.2) is 67.5 Å². The minimum Gasteiger partial charge on any atom is -0.374 e. The van der Waals surface area contributed by atoms with E-state index in [1.807, 2.05) is 19.2 Å². The first-order valence-electron chi connectivity index (χ1n) is 11.3. The Morgan fingerprint density at radius 3 is 2.26 bits per heavy atom. The molecule has 4 rings (SSSR count). The van der Waals surface area contributed by atoms with E-state index in [9.17, 15) is 9.59 Å². The lowest BCUT2D eigenvalue weighted by Gasteiger charge is -2.35. The molecule has 1 aliphatic carbocycles. The molecule has 1 aliphatic heterocycles. The summed E-state index contributed by atoms with van der Waals surface area (Å²) in [6, 6.07) is 11.7. The number of hydrogen-bond donors (Lipinski definition) is 1. The van der Waals surface area contributed by atoms with Crippen molar-refractivity contribution in [2.75, 3.05) is 39.8 Å². The molecule has 1 unspecified atom stereocenters. The van der Waals surface area contributed by atoms with Crippen LogP contribution in [0.15, 0.2) is 42.5 Å². The van der Waals surface area contributed by atoms with Gasteiger partial charge in [0, 0.05) is 41.2 Å². The van der Waals surface area contributed by atoms with Crippen molar-refractivity contribution in [1.82, 2.24) is 15.1 Å². The minimum absolute atomic E-state index is 0.0734. The largest absolute Gasteiger partial charge is 0.374 e. The lowest BCUT2D eigenvalue weighted by atomic mass is 9.94. The van der Waals surface area contributed by atoms with Crippen molar-refractivity contribution >= 4 is 46.6 Å². The van der Waals surface area contributed by atoms with Gasteiger partial charge in [0.1, 0.15) is 6.04 Å². The molecule has 2 fully saturated rings. The van der Waals surface area contributed by atoms with Gasteiger partial charge in [-0.25, -0.2) is 0 Å². The normalized spacial score (nSPS) is 18.4. The predicted molar refractivity (Wildman–Crippen MR) is 134 cm³/mol. The van der Waals surface area contributed by atoms with E-state index in [2.05, 4.69) is 10.2 Å². The number of ether oxygens (including phenoxy) is 1. The first-order chi connectivity index (χ1) is 16.3. The average Bonchev–Trinajstić information content (AvgIpc) is 3.61. The second-order valence-corrected chi connectivity index (χ2v) is 10.3. The Morgan fingerprint density at radius 1 is 1.00 bits per heavy atom. The summed E-state index contributed by atoms with van der Waals surface area (Å²) in [7, 11) is 2.03. The van der Waals surface area contributed by atoms with Gasteiger partial charge in [0.15, 0.2) is 0 Å². The van der Waals surface area contributed by atoms with Gasteiger partial charge in [-0.1, -0.05) is 53.0 Å². The van der Waals surface area contributed by atoms with Crippen molar-refractivity contribution in [3.8, 4) is 0 Å². The van der Waals surface area contributed by atoms with Gasteiger partial charge in [0.05, 0.1) is 18.6 Å². The molecule has 2 aliphatic rings. The summed E-state index contributed by atoms with van der Waals surface area (Å²) in [5.41, 5.74) is 0.940. The molecule has 2 aromatic rings. The molecule has 0 bridgehead atoms. The van der Waals surface area contributed by atoms with Crippen molar-refractivity contribution in [1.29, 1.82) is 0 Å². The number of amides is 2. The zero-order valence-corrected chi connectivity index (χ0v) is 21.3. The van der Waals surface area contributed by atoms with E-state index >= 15 is 0 Å². The highest BCUT2D eigenvalue weighted by Crippen LogP contribution is 2.51. The fraction of sp³-hybridized carbons (Fsp3) is 0.440. The number of likely N-dealkylation sites (N-methyl/N-ethyl adjacent to an activating group) is 1. The number of carbonyl (C=O) groups is 2. The van der Waals surface area contributed by atoms with Crippen LogP contribution in [0, 0.1) is 0 Å². The van der Waals surface area contributed by atoms with Crippen LogP contribution in [0.4, 0.5) is 0 Å². The fourth-order valence-corrected chi connectivity index (χ4v) is 4.93. The summed E-state index contributed by atoms with van der Waals surface area (Å²) in [6.07, 6.45) is 1.34. The zero-order valence-electron chi connectivity index (χ0n) is 19.0. The number of piperazine rings is 1. The van der Waals surface area contributed by atoms with E-state index < -0.39 is 11.5 Å². The highest BCUT2D eigenvalue weighted by molar-refractivity contribution is 6.35. The first kappa shape index (κ1) is 25.3. The van der Waals surface area contributed by atoms with E-state index in [0.717, 1.165) is 24.2 Å². The lowest BCUT2D eigenvalue weighted by Crippen LogP contribution is -2.56. The molecule has 2 aromatic carbocycles. The average molecular weight is 525 g/mol. The number of carbonyl (C=O) groups excluding carboxylic acids is 2. The molecule has 182 valence electrons. The second kappa shape index (κ2) is 10.8. The summed E-state index contributed by atoms with van der Waals surface area (Å²) < 4.78 is 5.87. The Labute approximate surface area is 215 Å². The van der Waals surface area contributed by atoms with Crippen LogP contribution in [0.1, 0.15) is 24.0 Å². The summed E-state index contributed by atoms with van der Waals surface area (Å²) in [5.74, 6) is -0.338. The summed E-state index contributed by atoms with van der Waals surface area (Å²) in [5, 5.41) is 4.61. The first-order valence-corrected chi connectivity index (χ1v) is 12.5. The van der Waals surface area contributed by atoms with E-state index in [-0.39, 0.29) is 18.4 Å². The van der Waals surface area contributed by atoms with Gasteiger partial charge in [0.2, 0.25) is 11.8 Å². The Kier molecular flexibility index (Phi) is 8.05. The Hall–Kier alpha value is -1.83. The van der Waals surface area contributed by atoms with E-state index in [1.165, 1.54) is 0 Å². The topological polar surface area (TPSA) is 61.9 Å². The van der Waals surface area contributed by atoms with Gasteiger partial charge in [0.25, 0.3) is 0 Å². The minimum atomic E-state index is -0.785.